The molecule has 1 aliphatic heterocycles. The van der Waals surface area contributed by atoms with Gasteiger partial charge in [-0.2, -0.15) is 0 Å². The molecule has 2 aromatic rings. The van der Waals surface area contributed by atoms with E-state index in [-0.39, 0.29) is 24.3 Å². The van der Waals surface area contributed by atoms with Crippen LogP contribution in [0.15, 0.2) is 48.5 Å². The fourth-order valence-electron chi connectivity index (χ4n) is 6.31. The van der Waals surface area contributed by atoms with Crippen molar-refractivity contribution in [3.05, 3.63) is 65.2 Å². The minimum Gasteiger partial charge on any atom is -0.457 e. The monoisotopic (exact) mass is 465 g/mol. The zero-order chi connectivity index (χ0) is 23.5. The summed E-state index contributed by atoms with van der Waals surface area (Å²) < 4.78 is 20.8. The third kappa shape index (κ3) is 4.19. The number of carbonyl (C=O) groups is 2. The molecule has 7 heteroatoms. The van der Waals surface area contributed by atoms with Crippen molar-refractivity contribution in [1.29, 1.82) is 0 Å². The quantitative estimate of drug-likeness (QED) is 0.446. The normalized spacial score (nSPS) is 24.9. The van der Waals surface area contributed by atoms with E-state index in [0.29, 0.717) is 24.8 Å². The number of hydrogen-bond acceptors (Lipinski definition) is 6. The third-order valence-electron chi connectivity index (χ3n) is 7.82. The largest absolute Gasteiger partial charge is 0.510 e. The van der Waals surface area contributed by atoms with Crippen molar-refractivity contribution in [2.45, 2.75) is 56.6 Å². The third-order valence-corrected chi connectivity index (χ3v) is 7.82. The highest BCUT2D eigenvalue weighted by Crippen LogP contribution is 2.56. The van der Waals surface area contributed by atoms with Gasteiger partial charge in [-0.3, -0.25) is 0 Å². The number of ether oxygens (including phenoxy) is 4. The summed E-state index contributed by atoms with van der Waals surface area (Å²) in [4.78, 5) is 26.3. The van der Waals surface area contributed by atoms with Crippen LogP contribution in [0.1, 0.15) is 48.8 Å². The van der Waals surface area contributed by atoms with Crippen LogP contribution in [0, 0.1) is 5.92 Å². The van der Waals surface area contributed by atoms with E-state index >= 15 is 0 Å². The summed E-state index contributed by atoms with van der Waals surface area (Å²) in [5.41, 5.74) is 3.65. The van der Waals surface area contributed by atoms with Crippen molar-refractivity contribution in [3.63, 3.8) is 0 Å². The molecule has 180 valence electrons. The van der Waals surface area contributed by atoms with E-state index in [4.69, 9.17) is 14.2 Å². The molecule has 2 bridgehead atoms. The molecule has 2 aliphatic carbocycles. The van der Waals surface area contributed by atoms with Gasteiger partial charge in [-0.1, -0.05) is 49.2 Å². The summed E-state index contributed by atoms with van der Waals surface area (Å²) in [7, 11) is 1.27. The molecule has 2 aromatic carbocycles. The smallest absolute Gasteiger partial charge is 0.457 e. The SMILES string of the molecule is COC(=O)OCOc1ccc2c(c1)[C@]13CCCC[C@@H]1[C@H](C2)N(C(=O)OCc1ccccc1)CC3. The van der Waals surface area contributed by atoms with Gasteiger partial charge in [-0.05, 0) is 60.4 Å². The predicted octanol–water partition coefficient (Wildman–Crippen LogP) is 5.20. The van der Waals surface area contributed by atoms with E-state index in [1.54, 1.807) is 0 Å². The predicted molar refractivity (Wildman–Crippen MR) is 125 cm³/mol. The number of nitrogens with zero attached hydrogens (tertiary/aromatic N) is 1. The van der Waals surface area contributed by atoms with Crippen LogP contribution in [0.2, 0.25) is 0 Å². The highest BCUT2D eigenvalue weighted by Gasteiger charge is 2.55. The minimum absolute atomic E-state index is 0.0509. The fourth-order valence-corrected chi connectivity index (χ4v) is 6.31. The van der Waals surface area contributed by atoms with Crippen LogP contribution in [-0.2, 0) is 32.7 Å². The average molecular weight is 466 g/mol. The Kier molecular flexibility index (Phi) is 6.35. The second-order valence-corrected chi connectivity index (χ2v) is 9.44. The first kappa shape index (κ1) is 22.6. The van der Waals surface area contributed by atoms with Crippen molar-refractivity contribution in [2.24, 2.45) is 5.92 Å². The molecule has 2 fully saturated rings. The van der Waals surface area contributed by atoms with E-state index in [9.17, 15) is 9.59 Å². The lowest BCUT2D eigenvalue weighted by atomic mass is 9.52. The number of benzene rings is 2. The number of likely N-dealkylation sites (tertiary alicyclic amines) is 1. The first-order chi connectivity index (χ1) is 16.6. The van der Waals surface area contributed by atoms with Gasteiger partial charge >= 0.3 is 12.2 Å². The molecule has 5 rings (SSSR count). The van der Waals surface area contributed by atoms with Gasteiger partial charge in [0.05, 0.1) is 7.11 Å². The first-order valence-electron chi connectivity index (χ1n) is 12.0. The van der Waals surface area contributed by atoms with E-state index in [2.05, 4.69) is 16.9 Å². The molecule has 1 saturated heterocycles. The van der Waals surface area contributed by atoms with Crippen LogP contribution in [0.25, 0.3) is 0 Å². The molecule has 0 spiro atoms. The van der Waals surface area contributed by atoms with Crippen molar-refractivity contribution < 1.29 is 28.5 Å². The van der Waals surface area contributed by atoms with Crippen LogP contribution in [0.3, 0.4) is 0 Å². The summed E-state index contributed by atoms with van der Waals surface area (Å²) in [6.07, 6.45) is 5.38. The Hall–Kier alpha value is -3.22. The standard InChI is InChI=1S/C27H31NO6/c1-31-26(30)34-18-33-21-11-10-20-15-24-22-9-5-6-12-27(22,23(20)16-21)13-14-28(24)25(29)32-17-19-7-3-2-4-8-19/h2-4,7-8,10-11,16,22,24H,5-6,9,12-15,17-18H2,1H3/t22-,24+,27+/m1/s1. The highest BCUT2D eigenvalue weighted by molar-refractivity contribution is 5.69. The molecule has 0 radical (unpaired) electrons. The van der Waals surface area contributed by atoms with Gasteiger partial charge in [0.25, 0.3) is 0 Å². The summed E-state index contributed by atoms with van der Waals surface area (Å²) in [6, 6.07) is 16.1. The highest BCUT2D eigenvalue weighted by atomic mass is 16.8. The van der Waals surface area contributed by atoms with Gasteiger partial charge in [0, 0.05) is 18.0 Å². The molecule has 0 N–H and O–H groups in total. The maximum Gasteiger partial charge on any atom is 0.510 e. The van der Waals surface area contributed by atoms with E-state index < -0.39 is 6.16 Å². The second kappa shape index (κ2) is 9.57. The molecule has 34 heavy (non-hydrogen) atoms. The lowest BCUT2D eigenvalue weighted by molar-refractivity contribution is -0.0141. The topological polar surface area (TPSA) is 74.3 Å². The zero-order valence-corrected chi connectivity index (χ0v) is 19.5. The minimum atomic E-state index is -0.765. The molecule has 3 aliphatic rings. The van der Waals surface area contributed by atoms with Gasteiger partial charge in [-0.15, -0.1) is 0 Å². The Morgan fingerprint density at radius 3 is 2.74 bits per heavy atom. The van der Waals surface area contributed by atoms with Crippen LogP contribution in [-0.4, -0.2) is 43.6 Å². The van der Waals surface area contributed by atoms with Gasteiger partial charge < -0.3 is 23.8 Å². The lowest BCUT2D eigenvalue weighted by Gasteiger charge is -2.58. The van der Waals surface area contributed by atoms with E-state index in [0.717, 1.165) is 31.2 Å². The first-order valence-corrected chi connectivity index (χ1v) is 12.0. The number of rotatable bonds is 5. The number of methoxy groups -OCH3 is 1. The van der Waals surface area contributed by atoms with Crippen LogP contribution < -0.4 is 4.74 Å². The van der Waals surface area contributed by atoms with Crippen LogP contribution in [0.5, 0.6) is 5.75 Å². The van der Waals surface area contributed by atoms with Gasteiger partial charge in [0.15, 0.2) is 0 Å². The second-order valence-electron chi connectivity index (χ2n) is 9.44. The molecule has 1 saturated carbocycles. The molecule has 1 amide bonds. The fraction of sp³-hybridized carbons (Fsp3) is 0.481. The number of piperidine rings is 1. The lowest BCUT2D eigenvalue weighted by Crippen LogP contribution is -2.62. The van der Waals surface area contributed by atoms with Crippen molar-refractivity contribution in [3.8, 4) is 5.75 Å². The molecule has 1 heterocycles. The zero-order valence-electron chi connectivity index (χ0n) is 19.5. The summed E-state index contributed by atoms with van der Waals surface area (Å²) in [5.74, 6) is 1.10. The molecule has 0 aromatic heterocycles. The number of carbonyl (C=O) groups excluding carboxylic acids is 2. The van der Waals surface area contributed by atoms with Crippen molar-refractivity contribution >= 4 is 12.2 Å². The number of amides is 1. The summed E-state index contributed by atoms with van der Waals surface area (Å²) in [5, 5.41) is 0. The Bertz CT molecular complexity index is 1040. The van der Waals surface area contributed by atoms with Crippen LogP contribution in [0.4, 0.5) is 9.59 Å². The average Bonchev–Trinajstić information content (AvgIpc) is 2.88. The summed E-state index contributed by atoms with van der Waals surface area (Å²) >= 11 is 0. The number of hydrogen-bond donors (Lipinski definition) is 0. The van der Waals surface area contributed by atoms with Crippen molar-refractivity contribution in [1.82, 2.24) is 4.90 Å². The Balaban J connectivity index is 1.35. The Labute approximate surface area is 199 Å². The molecule has 3 atom stereocenters. The maximum atomic E-state index is 13.1. The van der Waals surface area contributed by atoms with E-state index in [1.165, 1.54) is 31.1 Å². The van der Waals surface area contributed by atoms with Gasteiger partial charge in [0.2, 0.25) is 6.79 Å². The number of fused-ring (bicyclic) bond motifs is 1. The molecule has 0 unspecified atom stereocenters. The Morgan fingerprint density at radius 1 is 1.06 bits per heavy atom. The molecular formula is C27H31NO6. The Morgan fingerprint density at radius 2 is 1.91 bits per heavy atom. The summed E-state index contributed by atoms with van der Waals surface area (Å²) in [6.45, 7) is 0.806. The molecule has 7 nitrogen and oxygen atoms in total. The molecular weight excluding hydrogens is 434 g/mol. The van der Waals surface area contributed by atoms with Crippen molar-refractivity contribution in [2.75, 3.05) is 20.4 Å². The van der Waals surface area contributed by atoms with E-state index in [1.807, 2.05) is 41.3 Å². The van der Waals surface area contributed by atoms with Gasteiger partial charge in [-0.25, -0.2) is 9.59 Å². The van der Waals surface area contributed by atoms with Gasteiger partial charge in [0.1, 0.15) is 12.4 Å². The maximum absolute atomic E-state index is 13.1. The van der Waals surface area contributed by atoms with Crippen LogP contribution >= 0.6 is 0 Å².